The van der Waals surface area contributed by atoms with E-state index in [1.165, 1.54) is 31.6 Å². The number of rotatable bonds is 6. The minimum atomic E-state index is 0.565. The zero-order valence-corrected chi connectivity index (χ0v) is 33.7. The largest absolute Gasteiger partial charge is 0.308 e. The minimum absolute atomic E-state index is 0.565. The van der Waals surface area contributed by atoms with Gasteiger partial charge in [-0.15, -0.1) is 0 Å². The monoisotopic (exact) mass is 797 g/mol. The van der Waals surface area contributed by atoms with Gasteiger partial charge in [-0.25, -0.2) is 4.98 Å². The Kier molecular flexibility index (Phi) is 8.35. The van der Waals surface area contributed by atoms with Crippen LogP contribution in [0.2, 0.25) is 0 Å². The van der Waals surface area contributed by atoms with Gasteiger partial charge >= 0.3 is 0 Å². The fraction of sp³-hybridized carbons (Fsp3) is 0. The van der Waals surface area contributed by atoms with Gasteiger partial charge in [0.1, 0.15) is 0 Å². The molecular formula is C55H35N5S. The molecule has 0 unspecified atom stereocenters. The fourth-order valence-corrected chi connectivity index (χ4v) is 9.91. The quantitative estimate of drug-likeness (QED) is 0.168. The van der Waals surface area contributed by atoms with Crippen LogP contribution in [0.1, 0.15) is 0 Å². The number of hydrogen-bond acceptors (Lipinski definition) is 5. The van der Waals surface area contributed by atoms with Gasteiger partial charge in [0.2, 0.25) is 5.95 Å². The lowest BCUT2D eigenvalue weighted by atomic mass is 9.99. The van der Waals surface area contributed by atoms with E-state index in [2.05, 4.69) is 198 Å². The third-order valence-electron chi connectivity index (χ3n) is 11.6. The van der Waals surface area contributed by atoms with Gasteiger partial charge in [0.05, 0.1) is 22.4 Å². The van der Waals surface area contributed by atoms with Crippen LogP contribution < -0.4 is 4.90 Å². The lowest BCUT2D eigenvalue weighted by Crippen LogP contribution is -2.14. The SMILES string of the molecule is c1ccc(-c2ccc(-c3nc(-c4ccccc4)nc(-n4c5ccc6ccccc6c5c5cccc(-c6ccc7c(c6)Sc6ccccc6N7c6ccccc6)c54)n3)cc2)cc1. The van der Waals surface area contributed by atoms with E-state index in [1.807, 2.05) is 36.0 Å². The van der Waals surface area contributed by atoms with Crippen LogP contribution in [0.3, 0.4) is 0 Å². The predicted octanol–water partition coefficient (Wildman–Crippen LogP) is 14.7. The summed E-state index contributed by atoms with van der Waals surface area (Å²) in [6.07, 6.45) is 0. The van der Waals surface area contributed by atoms with Crippen molar-refractivity contribution < 1.29 is 0 Å². The number of anilines is 3. The Morgan fingerprint density at radius 3 is 1.77 bits per heavy atom. The summed E-state index contributed by atoms with van der Waals surface area (Å²) >= 11 is 1.82. The van der Waals surface area contributed by atoms with Crippen LogP contribution in [-0.2, 0) is 0 Å². The number of para-hydroxylation sites is 3. The zero-order valence-electron chi connectivity index (χ0n) is 32.9. The van der Waals surface area contributed by atoms with Crippen molar-refractivity contribution in [2.75, 3.05) is 4.90 Å². The second-order valence-electron chi connectivity index (χ2n) is 15.2. The molecule has 1 aliphatic heterocycles. The van der Waals surface area contributed by atoms with Gasteiger partial charge in [-0.3, -0.25) is 4.57 Å². The van der Waals surface area contributed by atoms with Gasteiger partial charge in [-0.1, -0.05) is 182 Å². The summed E-state index contributed by atoms with van der Waals surface area (Å²) in [7, 11) is 0. The summed E-state index contributed by atoms with van der Waals surface area (Å²) < 4.78 is 2.26. The molecule has 3 heterocycles. The molecule has 2 aromatic heterocycles. The first-order chi connectivity index (χ1) is 30.2. The molecule has 11 aromatic rings. The van der Waals surface area contributed by atoms with E-state index in [-0.39, 0.29) is 0 Å². The van der Waals surface area contributed by atoms with Crippen LogP contribution >= 0.6 is 11.8 Å². The van der Waals surface area contributed by atoms with Crippen LogP contribution in [0.15, 0.2) is 222 Å². The summed E-state index contributed by atoms with van der Waals surface area (Å²) in [5.41, 5.74) is 11.9. The van der Waals surface area contributed by atoms with Crippen LogP contribution in [0, 0.1) is 0 Å². The number of fused-ring (bicyclic) bond motifs is 7. The molecule has 0 N–H and O–H groups in total. The van der Waals surface area contributed by atoms with Crippen LogP contribution in [0.5, 0.6) is 0 Å². The summed E-state index contributed by atoms with van der Waals surface area (Å²) in [5, 5.41) is 4.68. The van der Waals surface area contributed by atoms with Crippen LogP contribution in [0.25, 0.3) is 83.6 Å². The summed E-state index contributed by atoms with van der Waals surface area (Å²) in [5.74, 6) is 1.79. The molecule has 6 heteroatoms. The standard InChI is InChI=1S/C55H35N5S/c1-4-15-36(16-5-1)37-27-29-40(30-28-37)54-56-53(39-18-6-2-7-19-39)57-55(58-54)60-48-34-31-38-17-10-11-22-43(38)51(48)45-24-14-23-44(52(45)60)41-32-33-47-50(35-41)61-49-26-13-12-25-46(49)59(47)42-20-8-3-9-21-42/h1-35H. The second kappa shape index (κ2) is 14.5. The van der Waals surface area contributed by atoms with Gasteiger partial charge < -0.3 is 4.90 Å². The summed E-state index contributed by atoms with van der Waals surface area (Å²) in [6.45, 7) is 0. The third kappa shape index (κ3) is 5.99. The van der Waals surface area contributed by atoms with Crippen molar-refractivity contribution in [1.29, 1.82) is 0 Å². The van der Waals surface area contributed by atoms with Gasteiger partial charge in [0.25, 0.3) is 0 Å². The zero-order chi connectivity index (χ0) is 40.3. The smallest absolute Gasteiger partial charge is 0.238 e. The second-order valence-corrected chi connectivity index (χ2v) is 16.3. The first-order valence-corrected chi connectivity index (χ1v) is 21.3. The maximum Gasteiger partial charge on any atom is 0.238 e. The molecule has 0 spiro atoms. The highest BCUT2D eigenvalue weighted by Crippen LogP contribution is 2.52. The van der Waals surface area contributed by atoms with Crippen molar-refractivity contribution in [1.82, 2.24) is 19.5 Å². The van der Waals surface area contributed by atoms with Crippen molar-refractivity contribution in [2.24, 2.45) is 0 Å². The van der Waals surface area contributed by atoms with Gasteiger partial charge in [-0.2, -0.15) is 9.97 Å². The van der Waals surface area contributed by atoms with E-state index in [4.69, 9.17) is 15.0 Å². The molecule has 0 fully saturated rings. The first-order valence-electron chi connectivity index (χ1n) is 20.4. The maximum atomic E-state index is 5.36. The predicted molar refractivity (Wildman–Crippen MR) is 252 cm³/mol. The molecule has 0 bridgehead atoms. The van der Waals surface area contributed by atoms with E-state index in [0.717, 1.165) is 61.2 Å². The number of aromatic nitrogens is 4. The van der Waals surface area contributed by atoms with E-state index in [9.17, 15) is 0 Å². The van der Waals surface area contributed by atoms with E-state index in [0.29, 0.717) is 17.6 Å². The number of hydrogen-bond donors (Lipinski definition) is 0. The number of nitrogens with zero attached hydrogens (tertiary/aromatic N) is 5. The van der Waals surface area contributed by atoms with Crippen LogP contribution in [0.4, 0.5) is 17.1 Å². The molecule has 0 radical (unpaired) electrons. The van der Waals surface area contributed by atoms with Crippen molar-refractivity contribution >= 4 is 61.4 Å². The van der Waals surface area contributed by atoms with Gasteiger partial charge in [0.15, 0.2) is 11.6 Å². The average molecular weight is 798 g/mol. The van der Waals surface area contributed by atoms with Crippen molar-refractivity contribution in [3.8, 4) is 51.0 Å². The van der Waals surface area contributed by atoms with E-state index >= 15 is 0 Å². The molecule has 0 amide bonds. The van der Waals surface area contributed by atoms with Crippen molar-refractivity contribution in [2.45, 2.75) is 9.79 Å². The molecule has 0 atom stereocenters. The third-order valence-corrected chi connectivity index (χ3v) is 12.7. The Hall–Kier alpha value is -7.80. The van der Waals surface area contributed by atoms with E-state index < -0.39 is 0 Å². The lowest BCUT2D eigenvalue weighted by Gasteiger charge is -2.33. The first kappa shape index (κ1) is 35.2. The molecule has 286 valence electrons. The van der Waals surface area contributed by atoms with Gasteiger partial charge in [0, 0.05) is 42.9 Å². The molecule has 0 aliphatic carbocycles. The van der Waals surface area contributed by atoms with E-state index in [1.54, 1.807) is 0 Å². The molecule has 12 rings (SSSR count). The highest BCUT2D eigenvalue weighted by Gasteiger charge is 2.27. The fourth-order valence-electron chi connectivity index (χ4n) is 8.81. The summed E-state index contributed by atoms with van der Waals surface area (Å²) in [4.78, 5) is 20.6. The minimum Gasteiger partial charge on any atom is -0.308 e. The maximum absolute atomic E-state index is 5.36. The molecule has 0 saturated carbocycles. The van der Waals surface area contributed by atoms with Gasteiger partial charge in [-0.05, 0) is 69.9 Å². The highest BCUT2D eigenvalue weighted by molar-refractivity contribution is 7.99. The Labute approximate surface area is 357 Å². The molecule has 0 saturated heterocycles. The van der Waals surface area contributed by atoms with Crippen molar-refractivity contribution in [3.05, 3.63) is 212 Å². The highest BCUT2D eigenvalue weighted by atomic mass is 32.2. The molecule has 9 aromatic carbocycles. The molecule has 5 nitrogen and oxygen atoms in total. The van der Waals surface area contributed by atoms with Crippen LogP contribution in [-0.4, -0.2) is 19.5 Å². The topological polar surface area (TPSA) is 46.8 Å². The Bertz CT molecular complexity index is 3440. The Balaban J connectivity index is 1.10. The number of benzene rings is 9. The molecular weight excluding hydrogens is 763 g/mol. The average Bonchev–Trinajstić information content (AvgIpc) is 3.69. The molecule has 1 aliphatic rings. The lowest BCUT2D eigenvalue weighted by molar-refractivity contribution is 0.954. The Morgan fingerprint density at radius 1 is 0.393 bits per heavy atom. The Morgan fingerprint density at radius 2 is 0.984 bits per heavy atom. The van der Waals surface area contributed by atoms with Crippen molar-refractivity contribution in [3.63, 3.8) is 0 Å². The molecule has 61 heavy (non-hydrogen) atoms. The summed E-state index contributed by atoms with van der Waals surface area (Å²) in [6, 6.07) is 75.1. The normalized spacial score (nSPS) is 12.2.